The largest absolute Gasteiger partial charge is 0.452 e. The number of amides is 1. The zero-order valence-electron chi connectivity index (χ0n) is 15.6. The molecule has 0 aliphatic rings. The third-order valence-electron chi connectivity index (χ3n) is 4.21. The van der Waals surface area contributed by atoms with E-state index in [0.717, 1.165) is 23.4 Å². The lowest BCUT2D eigenvalue weighted by Crippen LogP contribution is -2.21. The normalized spacial score (nSPS) is 10.2. The Morgan fingerprint density at radius 3 is 2.21 bits per heavy atom. The summed E-state index contributed by atoms with van der Waals surface area (Å²) in [6.45, 7) is 1.66. The first-order chi connectivity index (χ1) is 13.7. The first-order valence-electron chi connectivity index (χ1n) is 9.13. The Balaban J connectivity index is 1.63. The molecule has 1 amide bonds. The van der Waals surface area contributed by atoms with Crippen molar-refractivity contribution in [2.75, 3.05) is 17.2 Å². The Hall–Kier alpha value is -3.60. The lowest BCUT2D eigenvalue weighted by molar-refractivity contribution is -0.119. The Morgan fingerprint density at radius 1 is 0.821 bits per heavy atom. The van der Waals surface area contributed by atoms with Crippen LogP contribution in [0.25, 0.3) is 0 Å². The van der Waals surface area contributed by atoms with Crippen molar-refractivity contribution in [3.05, 3.63) is 90.0 Å². The van der Waals surface area contributed by atoms with E-state index in [-0.39, 0.29) is 12.5 Å². The second-order valence-corrected chi connectivity index (χ2v) is 6.17. The molecule has 0 saturated heterocycles. The molecule has 0 fully saturated rings. The Labute approximate surface area is 164 Å². The number of benzene rings is 3. The minimum Gasteiger partial charge on any atom is -0.452 e. The molecule has 0 atom stereocenters. The number of carbonyl (C=O) groups is 2. The predicted molar refractivity (Wildman–Crippen MR) is 111 cm³/mol. The number of carbonyl (C=O) groups excluding carboxylic acids is 2. The third kappa shape index (κ3) is 4.98. The topological polar surface area (TPSA) is 67.4 Å². The number of anilines is 3. The number of para-hydroxylation sites is 3. The van der Waals surface area contributed by atoms with Gasteiger partial charge >= 0.3 is 5.97 Å². The van der Waals surface area contributed by atoms with Crippen LogP contribution in [0.15, 0.2) is 78.9 Å². The molecule has 0 heterocycles. The van der Waals surface area contributed by atoms with E-state index in [9.17, 15) is 9.59 Å². The molecule has 5 heteroatoms. The van der Waals surface area contributed by atoms with Crippen molar-refractivity contribution in [3.8, 4) is 0 Å². The highest BCUT2D eigenvalue weighted by atomic mass is 16.5. The van der Waals surface area contributed by atoms with Crippen LogP contribution in [0.2, 0.25) is 0 Å². The predicted octanol–water partition coefficient (Wildman–Crippen LogP) is 4.79. The highest BCUT2D eigenvalue weighted by Gasteiger charge is 2.15. The maximum absolute atomic E-state index is 12.5. The van der Waals surface area contributed by atoms with Crippen LogP contribution in [0.3, 0.4) is 0 Å². The average molecular weight is 374 g/mol. The summed E-state index contributed by atoms with van der Waals surface area (Å²) in [4.78, 5) is 24.7. The van der Waals surface area contributed by atoms with Gasteiger partial charge in [-0.3, -0.25) is 4.79 Å². The fraction of sp³-hybridized carbons (Fsp3) is 0.130. The smallest absolute Gasteiger partial charge is 0.340 e. The molecular weight excluding hydrogens is 352 g/mol. The number of hydrogen-bond donors (Lipinski definition) is 2. The van der Waals surface area contributed by atoms with E-state index in [4.69, 9.17) is 4.74 Å². The summed E-state index contributed by atoms with van der Waals surface area (Å²) in [5.41, 5.74) is 3.61. The van der Waals surface area contributed by atoms with E-state index in [1.165, 1.54) is 0 Å². The number of esters is 1. The highest BCUT2D eigenvalue weighted by molar-refractivity contribution is 5.99. The number of ether oxygens (including phenoxy) is 1. The van der Waals surface area contributed by atoms with Gasteiger partial charge in [0.15, 0.2) is 6.61 Å². The van der Waals surface area contributed by atoms with E-state index in [1.807, 2.05) is 67.6 Å². The van der Waals surface area contributed by atoms with Crippen LogP contribution in [-0.4, -0.2) is 18.5 Å². The fourth-order valence-electron chi connectivity index (χ4n) is 2.79. The van der Waals surface area contributed by atoms with Gasteiger partial charge < -0.3 is 15.4 Å². The minimum absolute atomic E-state index is 0.351. The van der Waals surface area contributed by atoms with Crippen molar-refractivity contribution >= 4 is 28.9 Å². The van der Waals surface area contributed by atoms with E-state index in [2.05, 4.69) is 10.6 Å². The van der Waals surface area contributed by atoms with E-state index in [1.54, 1.807) is 18.2 Å². The molecule has 2 N–H and O–H groups in total. The Morgan fingerprint density at radius 2 is 1.46 bits per heavy atom. The standard InChI is InChI=1S/C23H22N2O3/c1-2-17-10-6-8-14-20(17)25-22(26)16-28-23(27)19-13-7-9-15-21(19)24-18-11-4-3-5-12-18/h3-15,24H,2,16H2,1H3,(H,25,26). The monoisotopic (exact) mass is 374 g/mol. The number of nitrogens with one attached hydrogen (secondary N) is 2. The molecule has 0 spiro atoms. The molecular formula is C23H22N2O3. The summed E-state index contributed by atoms with van der Waals surface area (Å²) in [7, 11) is 0. The van der Waals surface area contributed by atoms with Crippen LogP contribution in [-0.2, 0) is 16.0 Å². The lowest BCUT2D eigenvalue weighted by atomic mass is 10.1. The number of hydrogen-bond acceptors (Lipinski definition) is 4. The Kier molecular flexibility index (Phi) is 6.41. The van der Waals surface area contributed by atoms with Crippen LogP contribution in [0.1, 0.15) is 22.8 Å². The first-order valence-corrected chi connectivity index (χ1v) is 9.13. The molecule has 0 aliphatic carbocycles. The fourth-order valence-corrected chi connectivity index (χ4v) is 2.79. The maximum Gasteiger partial charge on any atom is 0.340 e. The van der Waals surface area contributed by atoms with E-state index < -0.39 is 5.97 Å². The van der Waals surface area contributed by atoms with Gasteiger partial charge in [-0.2, -0.15) is 0 Å². The van der Waals surface area contributed by atoms with Crippen LogP contribution in [0, 0.1) is 0 Å². The van der Waals surface area contributed by atoms with Gasteiger partial charge in [-0.1, -0.05) is 55.5 Å². The Bertz CT molecular complexity index is 955. The molecule has 0 unspecified atom stereocenters. The average Bonchev–Trinajstić information content (AvgIpc) is 2.73. The van der Waals surface area contributed by atoms with Crippen LogP contribution >= 0.6 is 0 Å². The summed E-state index contributed by atoms with van der Waals surface area (Å²) in [6.07, 6.45) is 0.800. The lowest BCUT2D eigenvalue weighted by Gasteiger charge is -2.12. The van der Waals surface area contributed by atoms with Crippen molar-refractivity contribution in [2.24, 2.45) is 0 Å². The quantitative estimate of drug-likeness (QED) is 0.584. The third-order valence-corrected chi connectivity index (χ3v) is 4.21. The number of aryl methyl sites for hydroxylation is 1. The van der Waals surface area contributed by atoms with Gasteiger partial charge in [-0.25, -0.2) is 4.79 Å². The summed E-state index contributed by atoms with van der Waals surface area (Å²) in [5.74, 6) is -0.930. The summed E-state index contributed by atoms with van der Waals surface area (Å²) in [5, 5.41) is 5.99. The van der Waals surface area contributed by atoms with Crippen molar-refractivity contribution in [1.29, 1.82) is 0 Å². The second-order valence-electron chi connectivity index (χ2n) is 6.17. The molecule has 142 valence electrons. The van der Waals surface area contributed by atoms with Gasteiger partial charge in [0.2, 0.25) is 0 Å². The molecule has 3 rings (SSSR count). The van der Waals surface area contributed by atoms with Crippen molar-refractivity contribution in [1.82, 2.24) is 0 Å². The summed E-state index contributed by atoms with van der Waals surface area (Å²) in [6, 6.07) is 24.1. The molecule has 0 bridgehead atoms. The van der Waals surface area contributed by atoms with E-state index in [0.29, 0.717) is 11.3 Å². The molecule has 3 aromatic rings. The highest BCUT2D eigenvalue weighted by Crippen LogP contribution is 2.21. The van der Waals surface area contributed by atoms with Crippen LogP contribution < -0.4 is 10.6 Å². The van der Waals surface area contributed by atoms with Crippen molar-refractivity contribution in [2.45, 2.75) is 13.3 Å². The molecule has 0 saturated carbocycles. The van der Waals surface area contributed by atoms with Gasteiger partial charge in [0.05, 0.1) is 11.3 Å². The summed E-state index contributed by atoms with van der Waals surface area (Å²) < 4.78 is 5.22. The zero-order chi connectivity index (χ0) is 19.8. The van der Waals surface area contributed by atoms with Crippen molar-refractivity contribution < 1.29 is 14.3 Å². The molecule has 0 aliphatic heterocycles. The molecule has 0 radical (unpaired) electrons. The van der Waals surface area contributed by atoms with Gasteiger partial charge in [0.25, 0.3) is 5.91 Å². The zero-order valence-corrected chi connectivity index (χ0v) is 15.6. The molecule has 0 aromatic heterocycles. The molecule has 3 aromatic carbocycles. The molecule has 5 nitrogen and oxygen atoms in total. The van der Waals surface area contributed by atoms with E-state index >= 15 is 0 Å². The summed E-state index contributed by atoms with van der Waals surface area (Å²) >= 11 is 0. The van der Waals surface area contributed by atoms with Crippen molar-refractivity contribution in [3.63, 3.8) is 0 Å². The number of rotatable bonds is 7. The van der Waals surface area contributed by atoms with Crippen LogP contribution in [0.4, 0.5) is 17.1 Å². The SMILES string of the molecule is CCc1ccccc1NC(=O)COC(=O)c1ccccc1Nc1ccccc1. The molecule has 28 heavy (non-hydrogen) atoms. The minimum atomic E-state index is -0.557. The van der Waals surface area contributed by atoms with Gasteiger partial charge in [-0.05, 0) is 42.3 Å². The van der Waals surface area contributed by atoms with Crippen LogP contribution in [0.5, 0.6) is 0 Å². The van der Waals surface area contributed by atoms with Gasteiger partial charge in [0, 0.05) is 11.4 Å². The second kappa shape index (κ2) is 9.37. The maximum atomic E-state index is 12.5. The van der Waals surface area contributed by atoms with Gasteiger partial charge in [-0.15, -0.1) is 0 Å². The first kappa shape index (κ1) is 19.2. The van der Waals surface area contributed by atoms with Gasteiger partial charge in [0.1, 0.15) is 0 Å².